The highest BCUT2D eigenvalue weighted by Gasteiger charge is 2.36. The number of fused-ring (bicyclic) bond motifs is 1. The van der Waals surface area contributed by atoms with Crippen molar-refractivity contribution in [2.24, 2.45) is 5.92 Å². The number of benzene rings is 1. The first-order valence-corrected chi connectivity index (χ1v) is 6.02. The van der Waals surface area contributed by atoms with Crippen molar-refractivity contribution >= 4 is 17.6 Å². The van der Waals surface area contributed by atoms with E-state index in [0.29, 0.717) is 17.5 Å². The Morgan fingerprint density at radius 1 is 1.17 bits per heavy atom. The number of amides is 2. The molecule has 0 N–H and O–H groups in total. The van der Waals surface area contributed by atoms with E-state index in [9.17, 15) is 14.4 Å². The highest BCUT2D eigenvalue weighted by molar-refractivity contribution is 6.21. The van der Waals surface area contributed by atoms with Crippen LogP contribution in [0.15, 0.2) is 24.3 Å². The standard InChI is InChI=1S/C14H15NO3/c1-3-10(9(2)16)8-15-13(17)11-6-4-5-7-12(11)14(15)18/h4-7,10H,3,8H2,1-2H3. The molecule has 4 heteroatoms. The van der Waals surface area contributed by atoms with Crippen LogP contribution in [0.4, 0.5) is 0 Å². The lowest BCUT2D eigenvalue weighted by atomic mass is 10.0. The smallest absolute Gasteiger partial charge is 0.261 e. The molecule has 0 saturated heterocycles. The van der Waals surface area contributed by atoms with Crippen LogP contribution < -0.4 is 0 Å². The molecule has 1 aromatic carbocycles. The number of carbonyl (C=O) groups is 3. The summed E-state index contributed by atoms with van der Waals surface area (Å²) < 4.78 is 0. The number of carbonyl (C=O) groups excluding carboxylic acids is 3. The van der Waals surface area contributed by atoms with E-state index in [-0.39, 0.29) is 30.1 Å². The Labute approximate surface area is 106 Å². The van der Waals surface area contributed by atoms with E-state index in [2.05, 4.69) is 0 Å². The Morgan fingerprint density at radius 3 is 2.06 bits per heavy atom. The second-order valence-corrected chi connectivity index (χ2v) is 4.48. The predicted molar refractivity (Wildman–Crippen MR) is 66.3 cm³/mol. The third-order valence-corrected chi connectivity index (χ3v) is 3.35. The lowest BCUT2D eigenvalue weighted by Crippen LogP contribution is -2.36. The summed E-state index contributed by atoms with van der Waals surface area (Å²) in [5, 5.41) is 0. The fourth-order valence-corrected chi connectivity index (χ4v) is 2.17. The highest BCUT2D eigenvalue weighted by Crippen LogP contribution is 2.24. The average Bonchev–Trinajstić information content (AvgIpc) is 2.60. The first kappa shape index (κ1) is 12.5. The molecule has 2 rings (SSSR count). The van der Waals surface area contributed by atoms with Gasteiger partial charge in [-0.15, -0.1) is 0 Å². The predicted octanol–water partition coefficient (Wildman–Crippen LogP) is 1.90. The molecule has 4 nitrogen and oxygen atoms in total. The fraction of sp³-hybridized carbons (Fsp3) is 0.357. The zero-order valence-electron chi connectivity index (χ0n) is 10.5. The van der Waals surface area contributed by atoms with Crippen LogP contribution in [0.2, 0.25) is 0 Å². The van der Waals surface area contributed by atoms with Crippen molar-refractivity contribution in [2.75, 3.05) is 6.54 Å². The minimum atomic E-state index is -0.296. The first-order chi connectivity index (χ1) is 8.56. The van der Waals surface area contributed by atoms with E-state index in [1.807, 2.05) is 6.92 Å². The summed E-state index contributed by atoms with van der Waals surface area (Å²) >= 11 is 0. The maximum absolute atomic E-state index is 12.1. The molecule has 0 fully saturated rings. The van der Waals surface area contributed by atoms with Gasteiger partial charge in [0.15, 0.2) is 0 Å². The Balaban J connectivity index is 2.26. The number of hydrogen-bond donors (Lipinski definition) is 0. The molecule has 94 valence electrons. The maximum Gasteiger partial charge on any atom is 0.261 e. The second kappa shape index (κ2) is 4.72. The van der Waals surface area contributed by atoms with Gasteiger partial charge in [-0.1, -0.05) is 19.1 Å². The average molecular weight is 245 g/mol. The van der Waals surface area contributed by atoms with E-state index in [0.717, 1.165) is 0 Å². The molecule has 18 heavy (non-hydrogen) atoms. The topological polar surface area (TPSA) is 54.5 Å². The molecule has 1 atom stereocenters. The molecule has 1 heterocycles. The van der Waals surface area contributed by atoms with Crippen LogP contribution in [0.5, 0.6) is 0 Å². The number of Topliss-reactive ketones (excluding diaryl/α,β-unsaturated/α-hetero) is 1. The lowest BCUT2D eigenvalue weighted by molar-refractivity contribution is -0.121. The van der Waals surface area contributed by atoms with Crippen LogP contribution in [0.25, 0.3) is 0 Å². The van der Waals surface area contributed by atoms with Gasteiger partial charge in [-0.05, 0) is 25.5 Å². The fourth-order valence-electron chi connectivity index (χ4n) is 2.17. The first-order valence-electron chi connectivity index (χ1n) is 6.02. The second-order valence-electron chi connectivity index (χ2n) is 4.48. The third-order valence-electron chi connectivity index (χ3n) is 3.35. The Bertz CT molecular complexity index is 487. The van der Waals surface area contributed by atoms with E-state index in [4.69, 9.17) is 0 Å². The quantitative estimate of drug-likeness (QED) is 0.761. The van der Waals surface area contributed by atoms with Crippen LogP contribution in [0.1, 0.15) is 41.0 Å². The molecule has 1 aliphatic rings. The summed E-state index contributed by atoms with van der Waals surface area (Å²) in [6, 6.07) is 6.75. The minimum Gasteiger partial charge on any atom is -0.300 e. The summed E-state index contributed by atoms with van der Waals surface area (Å²) in [5.74, 6) is -0.855. The largest absolute Gasteiger partial charge is 0.300 e. The van der Waals surface area contributed by atoms with Crippen molar-refractivity contribution in [3.8, 4) is 0 Å². The minimum absolute atomic E-state index is 0.00839. The van der Waals surface area contributed by atoms with Gasteiger partial charge in [0.2, 0.25) is 0 Å². The number of rotatable bonds is 4. The lowest BCUT2D eigenvalue weighted by Gasteiger charge is -2.19. The zero-order chi connectivity index (χ0) is 13.3. The van der Waals surface area contributed by atoms with Gasteiger partial charge in [0.25, 0.3) is 11.8 Å². The van der Waals surface area contributed by atoms with Crippen LogP contribution in [-0.2, 0) is 4.79 Å². The molecular weight excluding hydrogens is 230 g/mol. The van der Waals surface area contributed by atoms with E-state index in [1.54, 1.807) is 24.3 Å². The van der Waals surface area contributed by atoms with Crippen LogP contribution in [0, 0.1) is 5.92 Å². The van der Waals surface area contributed by atoms with Gasteiger partial charge < -0.3 is 0 Å². The molecule has 0 bridgehead atoms. The van der Waals surface area contributed by atoms with Gasteiger partial charge in [-0.3, -0.25) is 19.3 Å². The number of imide groups is 1. The molecule has 1 aromatic rings. The molecule has 0 saturated carbocycles. The molecule has 2 amide bonds. The number of hydrogen-bond acceptors (Lipinski definition) is 3. The normalized spacial score (nSPS) is 15.8. The van der Waals surface area contributed by atoms with E-state index < -0.39 is 0 Å². The van der Waals surface area contributed by atoms with E-state index >= 15 is 0 Å². The SMILES string of the molecule is CCC(CN1C(=O)c2ccccc2C1=O)C(C)=O. The van der Waals surface area contributed by atoms with Gasteiger partial charge in [0, 0.05) is 12.5 Å². The van der Waals surface area contributed by atoms with Crippen LogP contribution >= 0.6 is 0 Å². The summed E-state index contributed by atoms with van der Waals surface area (Å²) in [6.45, 7) is 3.55. The van der Waals surface area contributed by atoms with Gasteiger partial charge in [-0.25, -0.2) is 0 Å². The maximum atomic E-state index is 12.1. The van der Waals surface area contributed by atoms with Crippen molar-refractivity contribution in [2.45, 2.75) is 20.3 Å². The van der Waals surface area contributed by atoms with Crippen molar-refractivity contribution in [1.29, 1.82) is 0 Å². The van der Waals surface area contributed by atoms with Gasteiger partial charge >= 0.3 is 0 Å². The third kappa shape index (κ3) is 1.94. The number of nitrogens with zero attached hydrogens (tertiary/aromatic N) is 1. The monoisotopic (exact) mass is 245 g/mol. The summed E-state index contributed by atoms with van der Waals surface area (Å²) in [6.07, 6.45) is 0.628. The van der Waals surface area contributed by atoms with E-state index in [1.165, 1.54) is 11.8 Å². The Hall–Kier alpha value is -1.97. The van der Waals surface area contributed by atoms with Crippen molar-refractivity contribution in [3.05, 3.63) is 35.4 Å². The summed E-state index contributed by atoms with van der Waals surface area (Å²) in [5.41, 5.74) is 0.863. The molecule has 0 aromatic heterocycles. The Morgan fingerprint density at radius 2 is 1.67 bits per heavy atom. The molecule has 0 spiro atoms. The highest BCUT2D eigenvalue weighted by atomic mass is 16.2. The molecule has 0 radical (unpaired) electrons. The van der Waals surface area contributed by atoms with Gasteiger partial charge in [-0.2, -0.15) is 0 Å². The van der Waals surface area contributed by atoms with Crippen LogP contribution in [0.3, 0.4) is 0 Å². The van der Waals surface area contributed by atoms with Crippen molar-refractivity contribution < 1.29 is 14.4 Å². The van der Waals surface area contributed by atoms with Gasteiger partial charge in [0.1, 0.15) is 5.78 Å². The molecule has 0 aliphatic carbocycles. The van der Waals surface area contributed by atoms with Crippen LogP contribution in [-0.4, -0.2) is 29.0 Å². The Kier molecular flexibility index (Phi) is 3.28. The number of ketones is 1. The molecule has 1 unspecified atom stereocenters. The van der Waals surface area contributed by atoms with Crippen molar-refractivity contribution in [1.82, 2.24) is 4.90 Å². The summed E-state index contributed by atoms with van der Waals surface area (Å²) in [7, 11) is 0. The molecular formula is C14H15NO3. The van der Waals surface area contributed by atoms with Crippen molar-refractivity contribution in [3.63, 3.8) is 0 Å². The zero-order valence-corrected chi connectivity index (χ0v) is 10.5. The van der Waals surface area contributed by atoms with Gasteiger partial charge in [0.05, 0.1) is 11.1 Å². The molecule has 1 aliphatic heterocycles. The summed E-state index contributed by atoms with van der Waals surface area (Å²) in [4.78, 5) is 36.7.